The summed E-state index contributed by atoms with van der Waals surface area (Å²) >= 11 is 0. The Bertz CT molecular complexity index is 515. The summed E-state index contributed by atoms with van der Waals surface area (Å²) in [7, 11) is 3.76. The Labute approximate surface area is 125 Å². The Morgan fingerprint density at radius 2 is 2.29 bits per heavy atom. The van der Waals surface area contributed by atoms with E-state index in [1.54, 1.807) is 13.0 Å². The summed E-state index contributed by atoms with van der Waals surface area (Å²) < 4.78 is 5.58. The second kappa shape index (κ2) is 6.32. The fraction of sp³-hybridized carbons (Fsp3) is 0.533. The van der Waals surface area contributed by atoms with E-state index in [1.807, 2.05) is 31.1 Å². The van der Waals surface area contributed by atoms with Crippen molar-refractivity contribution in [1.82, 2.24) is 10.2 Å². The zero-order valence-corrected chi connectivity index (χ0v) is 12.8. The Morgan fingerprint density at radius 1 is 1.52 bits per heavy atom. The van der Waals surface area contributed by atoms with Crippen LogP contribution in [0, 0.1) is 0 Å². The molecule has 6 nitrogen and oxygen atoms in total. The molecule has 1 aromatic carbocycles. The Kier molecular flexibility index (Phi) is 4.69. The zero-order chi connectivity index (χ0) is 15.5. The number of aliphatic hydroxyl groups is 1. The third-order valence-corrected chi connectivity index (χ3v) is 3.21. The SMILES string of the molecule is CN(C)CC(C)(O)CNC(=O)c1cccc2c1OCCN2. The molecular weight excluding hydrogens is 270 g/mol. The summed E-state index contributed by atoms with van der Waals surface area (Å²) in [6.45, 7) is 3.62. The summed E-state index contributed by atoms with van der Waals surface area (Å²) in [5.41, 5.74) is 0.335. The normalized spacial score (nSPS) is 16.4. The van der Waals surface area contributed by atoms with Crippen LogP contribution in [0.15, 0.2) is 18.2 Å². The number of rotatable bonds is 5. The predicted molar refractivity (Wildman–Crippen MR) is 81.9 cm³/mol. The van der Waals surface area contributed by atoms with Crippen molar-refractivity contribution >= 4 is 11.6 Å². The number of carbonyl (C=O) groups excluding carboxylic acids is 1. The van der Waals surface area contributed by atoms with Gasteiger partial charge in [-0.1, -0.05) is 6.07 Å². The van der Waals surface area contributed by atoms with Gasteiger partial charge in [-0.05, 0) is 33.2 Å². The lowest BCUT2D eigenvalue weighted by Gasteiger charge is -2.27. The Balaban J connectivity index is 2.04. The highest BCUT2D eigenvalue weighted by Crippen LogP contribution is 2.31. The first-order valence-corrected chi connectivity index (χ1v) is 7.04. The van der Waals surface area contributed by atoms with Crippen LogP contribution < -0.4 is 15.4 Å². The van der Waals surface area contributed by atoms with Gasteiger partial charge in [0.15, 0.2) is 5.75 Å². The molecule has 21 heavy (non-hydrogen) atoms. The van der Waals surface area contributed by atoms with Crippen LogP contribution in [-0.4, -0.2) is 61.9 Å². The first kappa shape index (κ1) is 15.6. The zero-order valence-electron chi connectivity index (χ0n) is 12.8. The molecule has 1 aliphatic heterocycles. The van der Waals surface area contributed by atoms with Crippen molar-refractivity contribution in [3.05, 3.63) is 23.8 Å². The average Bonchev–Trinajstić information content (AvgIpc) is 2.43. The number of nitrogens with one attached hydrogen (secondary N) is 2. The van der Waals surface area contributed by atoms with Crippen LogP contribution in [0.2, 0.25) is 0 Å². The maximum atomic E-state index is 12.3. The number of likely N-dealkylation sites (N-methyl/N-ethyl adjacent to an activating group) is 1. The van der Waals surface area contributed by atoms with Gasteiger partial charge in [0.05, 0.1) is 16.9 Å². The van der Waals surface area contributed by atoms with Gasteiger partial charge < -0.3 is 25.4 Å². The van der Waals surface area contributed by atoms with Gasteiger partial charge in [-0.2, -0.15) is 0 Å². The largest absolute Gasteiger partial charge is 0.489 e. The fourth-order valence-corrected chi connectivity index (χ4v) is 2.45. The summed E-state index contributed by atoms with van der Waals surface area (Å²) in [6, 6.07) is 5.42. The van der Waals surface area contributed by atoms with E-state index in [1.165, 1.54) is 0 Å². The van der Waals surface area contributed by atoms with E-state index in [0.717, 1.165) is 12.2 Å². The smallest absolute Gasteiger partial charge is 0.255 e. The quantitative estimate of drug-likeness (QED) is 0.739. The van der Waals surface area contributed by atoms with Gasteiger partial charge in [-0.25, -0.2) is 0 Å². The molecule has 0 radical (unpaired) electrons. The molecule has 1 atom stereocenters. The van der Waals surface area contributed by atoms with E-state index in [0.29, 0.717) is 24.5 Å². The topological polar surface area (TPSA) is 73.8 Å². The number of ether oxygens (including phenoxy) is 1. The maximum Gasteiger partial charge on any atom is 0.255 e. The van der Waals surface area contributed by atoms with Gasteiger partial charge in [0, 0.05) is 19.6 Å². The molecule has 0 fully saturated rings. The maximum absolute atomic E-state index is 12.3. The van der Waals surface area contributed by atoms with Gasteiger partial charge in [-0.15, -0.1) is 0 Å². The predicted octanol–water partition coefficient (Wildman–Crippen LogP) is 0.533. The molecule has 0 saturated heterocycles. The number of nitrogens with zero attached hydrogens (tertiary/aromatic N) is 1. The third-order valence-electron chi connectivity index (χ3n) is 3.21. The second-order valence-electron chi connectivity index (χ2n) is 5.87. The van der Waals surface area contributed by atoms with E-state index < -0.39 is 5.60 Å². The van der Waals surface area contributed by atoms with Crippen LogP contribution in [0.5, 0.6) is 5.75 Å². The van der Waals surface area contributed by atoms with Gasteiger partial charge in [-0.3, -0.25) is 4.79 Å². The minimum absolute atomic E-state index is 0.182. The summed E-state index contributed by atoms with van der Waals surface area (Å²) in [6.07, 6.45) is 0. The minimum Gasteiger partial charge on any atom is -0.489 e. The number of carbonyl (C=O) groups is 1. The molecule has 1 aromatic rings. The van der Waals surface area contributed by atoms with Crippen LogP contribution >= 0.6 is 0 Å². The average molecular weight is 293 g/mol. The lowest BCUT2D eigenvalue weighted by atomic mass is 10.1. The van der Waals surface area contributed by atoms with Crippen molar-refractivity contribution in [3.63, 3.8) is 0 Å². The van der Waals surface area contributed by atoms with Gasteiger partial charge >= 0.3 is 0 Å². The van der Waals surface area contributed by atoms with E-state index >= 15 is 0 Å². The molecule has 0 aliphatic carbocycles. The highest BCUT2D eigenvalue weighted by Gasteiger charge is 2.24. The van der Waals surface area contributed by atoms with Crippen molar-refractivity contribution in [3.8, 4) is 5.75 Å². The van der Waals surface area contributed by atoms with Crippen LogP contribution in [0.3, 0.4) is 0 Å². The first-order chi connectivity index (χ1) is 9.89. The minimum atomic E-state index is -0.979. The van der Waals surface area contributed by atoms with Gasteiger partial charge in [0.25, 0.3) is 5.91 Å². The molecule has 0 aromatic heterocycles. The van der Waals surface area contributed by atoms with Crippen LogP contribution in [0.4, 0.5) is 5.69 Å². The summed E-state index contributed by atoms with van der Waals surface area (Å²) in [5, 5.41) is 16.2. The molecule has 0 saturated carbocycles. The Morgan fingerprint density at radius 3 is 3.00 bits per heavy atom. The number of para-hydroxylation sites is 1. The highest BCUT2D eigenvalue weighted by atomic mass is 16.5. The van der Waals surface area contributed by atoms with Gasteiger partial charge in [0.2, 0.25) is 0 Å². The number of fused-ring (bicyclic) bond motifs is 1. The standard InChI is InChI=1S/C15H23N3O3/c1-15(20,10-18(2)3)9-17-14(19)11-5-4-6-12-13(11)21-8-7-16-12/h4-6,16,20H,7-10H2,1-3H3,(H,17,19). The first-order valence-electron chi connectivity index (χ1n) is 7.04. The number of amides is 1. The highest BCUT2D eigenvalue weighted by molar-refractivity contribution is 5.99. The van der Waals surface area contributed by atoms with Crippen LogP contribution in [-0.2, 0) is 0 Å². The molecule has 1 aliphatic rings. The van der Waals surface area contributed by atoms with Crippen LogP contribution in [0.1, 0.15) is 17.3 Å². The Hall–Kier alpha value is -1.79. The molecular formula is C15H23N3O3. The number of anilines is 1. The third kappa shape index (κ3) is 4.09. The van der Waals surface area contributed by atoms with E-state index in [9.17, 15) is 9.90 Å². The number of hydrogen-bond donors (Lipinski definition) is 3. The van der Waals surface area contributed by atoms with E-state index in [2.05, 4.69) is 10.6 Å². The molecule has 6 heteroatoms. The molecule has 3 N–H and O–H groups in total. The summed E-state index contributed by atoms with van der Waals surface area (Å²) in [5.74, 6) is 0.336. The molecule has 0 spiro atoms. The van der Waals surface area contributed by atoms with Crippen molar-refractivity contribution < 1.29 is 14.6 Å². The molecule has 1 amide bonds. The monoisotopic (exact) mass is 293 g/mol. The second-order valence-corrected chi connectivity index (χ2v) is 5.87. The molecule has 1 heterocycles. The summed E-state index contributed by atoms with van der Waals surface area (Å²) in [4.78, 5) is 14.2. The molecule has 116 valence electrons. The number of hydrogen-bond acceptors (Lipinski definition) is 5. The van der Waals surface area contributed by atoms with Crippen molar-refractivity contribution in [2.75, 3.05) is 45.7 Å². The van der Waals surface area contributed by atoms with Crippen LogP contribution in [0.25, 0.3) is 0 Å². The van der Waals surface area contributed by atoms with E-state index in [4.69, 9.17) is 4.74 Å². The molecule has 0 bridgehead atoms. The lowest BCUT2D eigenvalue weighted by Crippen LogP contribution is -2.47. The van der Waals surface area contributed by atoms with E-state index in [-0.39, 0.29) is 12.5 Å². The molecule has 1 unspecified atom stereocenters. The lowest BCUT2D eigenvalue weighted by molar-refractivity contribution is 0.0325. The molecule has 2 rings (SSSR count). The van der Waals surface area contributed by atoms with Gasteiger partial charge in [0.1, 0.15) is 6.61 Å². The number of benzene rings is 1. The van der Waals surface area contributed by atoms with Crippen molar-refractivity contribution in [2.24, 2.45) is 0 Å². The van der Waals surface area contributed by atoms with Crippen molar-refractivity contribution in [1.29, 1.82) is 0 Å². The fourth-order valence-electron chi connectivity index (χ4n) is 2.45. The van der Waals surface area contributed by atoms with Crippen molar-refractivity contribution in [2.45, 2.75) is 12.5 Å².